The number of hydrogen-bond donors (Lipinski definition) is 2. The summed E-state index contributed by atoms with van der Waals surface area (Å²) in [5.74, 6) is -2.11. The maximum Gasteiger partial charge on any atom is 0.450 e. The number of aliphatic hydroxyl groups is 1. The minimum absolute atomic E-state index is 0.00225. The van der Waals surface area contributed by atoms with E-state index in [4.69, 9.17) is 0 Å². The molecule has 2 heterocycles. The fourth-order valence-electron chi connectivity index (χ4n) is 3.25. The number of carbonyl (C=O) groups excluding carboxylic acids is 1. The monoisotopic (exact) mass is 357 g/mol. The molecule has 1 saturated carbocycles. The Balaban J connectivity index is 1.67. The van der Waals surface area contributed by atoms with Crippen LogP contribution in [0.15, 0.2) is 29.2 Å². The van der Waals surface area contributed by atoms with Gasteiger partial charge in [0.25, 0.3) is 5.91 Å². The zero-order chi connectivity index (χ0) is 18.2. The number of nitrogens with one attached hydrogen (secondary N) is 1. The van der Waals surface area contributed by atoms with E-state index in [2.05, 4.69) is 14.7 Å². The Hall–Kier alpha value is -2.29. The summed E-state index contributed by atoms with van der Waals surface area (Å²) in [4.78, 5) is 16.2. The summed E-state index contributed by atoms with van der Waals surface area (Å²) in [6.07, 6.45) is 0.469. The highest BCUT2D eigenvalue weighted by atomic mass is 19.4. The Morgan fingerprint density at radius 1 is 1.48 bits per heavy atom. The number of imidazole rings is 1. The third-order valence-electron chi connectivity index (χ3n) is 4.33. The van der Waals surface area contributed by atoms with E-state index in [1.165, 1.54) is 6.92 Å². The largest absolute Gasteiger partial charge is 0.456 e. The van der Waals surface area contributed by atoms with Crippen molar-refractivity contribution < 1.29 is 27.5 Å². The number of nitrogens with zero attached hydrogens (tertiary/aromatic N) is 2. The SMILES string of the molecule is Cc1cc(C(=O)N[C@@H]2CC(Cn3ccnc3)C[C@H]2O)c(C(F)(F)F)o1. The van der Waals surface area contributed by atoms with E-state index in [0.717, 1.165) is 6.07 Å². The van der Waals surface area contributed by atoms with Crippen molar-refractivity contribution in [3.63, 3.8) is 0 Å². The van der Waals surface area contributed by atoms with Gasteiger partial charge in [-0.2, -0.15) is 13.2 Å². The molecule has 2 N–H and O–H groups in total. The van der Waals surface area contributed by atoms with Crippen LogP contribution in [0.3, 0.4) is 0 Å². The Morgan fingerprint density at radius 3 is 2.88 bits per heavy atom. The summed E-state index contributed by atoms with van der Waals surface area (Å²) in [6, 6.07) is 0.458. The van der Waals surface area contributed by atoms with Gasteiger partial charge in [-0.15, -0.1) is 0 Å². The van der Waals surface area contributed by atoms with Gasteiger partial charge in [0.15, 0.2) is 0 Å². The Labute approximate surface area is 141 Å². The number of carbonyl (C=O) groups is 1. The molecule has 0 bridgehead atoms. The highest BCUT2D eigenvalue weighted by Gasteiger charge is 2.41. The first-order valence-electron chi connectivity index (χ1n) is 7.86. The molecule has 0 aliphatic heterocycles. The standard InChI is InChI=1S/C16H18F3N3O3/c1-9-4-11(14(25-9)16(17,18)19)15(24)21-12-5-10(6-13(12)23)7-22-3-2-20-8-22/h2-4,8,10,12-13,23H,5-7H2,1H3,(H,21,24)/t10?,12-,13-/m1/s1. The maximum absolute atomic E-state index is 13.0. The molecule has 2 aromatic heterocycles. The molecule has 9 heteroatoms. The smallest absolute Gasteiger partial charge is 0.450 e. The maximum atomic E-state index is 13.0. The van der Waals surface area contributed by atoms with Gasteiger partial charge in [0, 0.05) is 18.9 Å². The van der Waals surface area contributed by atoms with Gasteiger partial charge in [-0.1, -0.05) is 0 Å². The van der Waals surface area contributed by atoms with E-state index in [0.29, 0.717) is 19.4 Å². The third kappa shape index (κ3) is 3.87. The van der Waals surface area contributed by atoms with Crippen molar-refractivity contribution in [3.8, 4) is 0 Å². The minimum atomic E-state index is -4.75. The van der Waals surface area contributed by atoms with Crippen LogP contribution in [0.25, 0.3) is 0 Å². The van der Waals surface area contributed by atoms with Gasteiger partial charge in [0.2, 0.25) is 5.76 Å². The summed E-state index contributed by atoms with van der Waals surface area (Å²) in [5, 5.41) is 12.6. The number of hydrogen-bond acceptors (Lipinski definition) is 4. The van der Waals surface area contributed by atoms with Gasteiger partial charge >= 0.3 is 6.18 Å². The van der Waals surface area contributed by atoms with E-state index in [-0.39, 0.29) is 11.7 Å². The van der Waals surface area contributed by atoms with Crippen LogP contribution >= 0.6 is 0 Å². The van der Waals surface area contributed by atoms with Crippen LogP contribution in [0, 0.1) is 12.8 Å². The fraction of sp³-hybridized carbons (Fsp3) is 0.500. The van der Waals surface area contributed by atoms with Crippen LogP contribution in [0.5, 0.6) is 0 Å². The van der Waals surface area contributed by atoms with Gasteiger partial charge < -0.3 is 19.4 Å². The first-order chi connectivity index (χ1) is 11.7. The molecule has 3 atom stereocenters. The first kappa shape index (κ1) is 17.5. The third-order valence-corrected chi connectivity index (χ3v) is 4.33. The molecule has 3 rings (SSSR count). The molecule has 136 valence electrons. The minimum Gasteiger partial charge on any atom is -0.456 e. The van der Waals surface area contributed by atoms with Gasteiger partial charge in [-0.25, -0.2) is 4.98 Å². The van der Waals surface area contributed by atoms with Crippen molar-refractivity contribution >= 4 is 5.91 Å². The van der Waals surface area contributed by atoms with Gasteiger partial charge in [-0.3, -0.25) is 4.79 Å². The molecular formula is C16H18F3N3O3. The zero-order valence-corrected chi connectivity index (χ0v) is 13.5. The molecule has 2 aromatic rings. The number of aryl methyl sites for hydroxylation is 1. The van der Waals surface area contributed by atoms with Gasteiger partial charge in [0.1, 0.15) is 5.76 Å². The van der Waals surface area contributed by atoms with Crippen molar-refractivity contribution in [3.05, 3.63) is 41.9 Å². The summed E-state index contributed by atoms with van der Waals surface area (Å²) in [5.41, 5.74) is -0.560. The van der Waals surface area contributed by atoms with E-state index >= 15 is 0 Å². The van der Waals surface area contributed by atoms with E-state index < -0.39 is 35.6 Å². The number of amides is 1. The Bertz CT molecular complexity index is 740. The second-order valence-electron chi connectivity index (χ2n) is 6.34. The Morgan fingerprint density at radius 2 is 2.24 bits per heavy atom. The molecule has 25 heavy (non-hydrogen) atoms. The number of alkyl halides is 3. The molecule has 1 fully saturated rings. The first-order valence-corrected chi connectivity index (χ1v) is 7.86. The molecular weight excluding hydrogens is 339 g/mol. The van der Waals surface area contributed by atoms with Crippen LogP contribution in [0.4, 0.5) is 13.2 Å². The average molecular weight is 357 g/mol. The summed E-state index contributed by atoms with van der Waals surface area (Å²) < 4.78 is 45.4. The number of rotatable bonds is 4. The quantitative estimate of drug-likeness (QED) is 0.880. The van der Waals surface area contributed by atoms with Crippen molar-refractivity contribution in [2.75, 3.05) is 0 Å². The van der Waals surface area contributed by atoms with Crippen LogP contribution in [0.2, 0.25) is 0 Å². The molecule has 0 spiro atoms. The van der Waals surface area contributed by atoms with Crippen LogP contribution < -0.4 is 5.32 Å². The zero-order valence-electron chi connectivity index (χ0n) is 13.5. The molecule has 1 aliphatic rings. The van der Waals surface area contributed by atoms with Gasteiger partial charge in [-0.05, 0) is 31.7 Å². The summed E-state index contributed by atoms with van der Waals surface area (Å²) in [6.45, 7) is 1.97. The molecule has 1 aliphatic carbocycles. The number of furan rings is 1. The molecule has 0 radical (unpaired) electrons. The highest BCUT2D eigenvalue weighted by molar-refractivity contribution is 5.95. The van der Waals surface area contributed by atoms with Crippen molar-refractivity contribution in [2.24, 2.45) is 5.92 Å². The average Bonchev–Trinajstić information content (AvgIpc) is 3.21. The second kappa shape index (κ2) is 6.55. The number of halogens is 3. The van der Waals surface area contributed by atoms with Crippen LogP contribution in [-0.4, -0.2) is 32.7 Å². The van der Waals surface area contributed by atoms with E-state index in [1.807, 2.05) is 4.57 Å². The van der Waals surface area contributed by atoms with Crippen molar-refractivity contribution in [1.82, 2.24) is 14.9 Å². The number of aliphatic hydroxyl groups excluding tert-OH is 1. The topological polar surface area (TPSA) is 80.3 Å². The van der Waals surface area contributed by atoms with Crippen LogP contribution in [0.1, 0.15) is 34.7 Å². The summed E-state index contributed by atoms with van der Waals surface area (Å²) in [7, 11) is 0. The molecule has 0 aromatic carbocycles. The van der Waals surface area contributed by atoms with Gasteiger partial charge in [0.05, 0.1) is 24.0 Å². The molecule has 6 nitrogen and oxygen atoms in total. The highest BCUT2D eigenvalue weighted by Crippen LogP contribution is 2.34. The molecule has 1 amide bonds. The lowest BCUT2D eigenvalue weighted by atomic mass is 10.1. The van der Waals surface area contributed by atoms with Crippen LogP contribution in [-0.2, 0) is 12.7 Å². The van der Waals surface area contributed by atoms with Crippen molar-refractivity contribution in [2.45, 2.75) is 44.6 Å². The number of aromatic nitrogens is 2. The second-order valence-corrected chi connectivity index (χ2v) is 6.34. The predicted octanol–water partition coefficient (Wildman–Crippen LogP) is 2.37. The Kier molecular flexibility index (Phi) is 4.59. The molecule has 1 unspecified atom stereocenters. The predicted molar refractivity (Wildman–Crippen MR) is 80.7 cm³/mol. The van der Waals surface area contributed by atoms with E-state index in [9.17, 15) is 23.1 Å². The normalized spacial score (nSPS) is 23.8. The lowest BCUT2D eigenvalue weighted by Crippen LogP contribution is -2.40. The van der Waals surface area contributed by atoms with Crippen molar-refractivity contribution in [1.29, 1.82) is 0 Å². The summed E-state index contributed by atoms with van der Waals surface area (Å²) >= 11 is 0. The fourth-order valence-corrected chi connectivity index (χ4v) is 3.25. The molecule has 0 saturated heterocycles. The lowest BCUT2D eigenvalue weighted by molar-refractivity contribution is -0.153. The van der Waals surface area contributed by atoms with E-state index in [1.54, 1.807) is 18.7 Å². The lowest BCUT2D eigenvalue weighted by Gasteiger charge is -2.16.